The van der Waals surface area contributed by atoms with Crippen molar-refractivity contribution in [1.29, 1.82) is 0 Å². The Morgan fingerprint density at radius 2 is 1.90 bits per heavy atom. The van der Waals surface area contributed by atoms with Crippen LogP contribution in [0.25, 0.3) is 0 Å². The lowest BCUT2D eigenvalue weighted by molar-refractivity contribution is -0.131. The molecule has 1 aliphatic heterocycles. The molecule has 0 spiro atoms. The molecule has 1 unspecified atom stereocenters. The Morgan fingerprint density at radius 1 is 1.23 bits per heavy atom. The highest BCUT2D eigenvalue weighted by Crippen LogP contribution is 2.10. The van der Waals surface area contributed by atoms with Gasteiger partial charge in [0.1, 0.15) is 9.84 Å². The Bertz CT molecular complexity index is 794. The van der Waals surface area contributed by atoms with E-state index in [-0.39, 0.29) is 17.7 Å². The van der Waals surface area contributed by atoms with E-state index < -0.39 is 9.84 Å². The fourth-order valence-electron chi connectivity index (χ4n) is 3.05. The molecule has 11 heteroatoms. The summed E-state index contributed by atoms with van der Waals surface area (Å²) in [6.45, 7) is 7.63. The van der Waals surface area contributed by atoms with Crippen LogP contribution in [0.2, 0.25) is 0 Å². The number of aliphatic imine (C=N–C) groups is 1. The zero-order chi connectivity index (χ0) is 22.0. The number of anilines is 1. The van der Waals surface area contributed by atoms with Crippen molar-refractivity contribution in [3.63, 3.8) is 0 Å². The van der Waals surface area contributed by atoms with Gasteiger partial charge in [0, 0.05) is 63.8 Å². The number of rotatable bonds is 9. The molecule has 30 heavy (non-hydrogen) atoms. The SMILES string of the molecule is CCNC(=NCCC(=O)N1CCN(c2ncccn2)CC1)NC(C)CCS(C)(=O)=O. The summed E-state index contributed by atoms with van der Waals surface area (Å²) in [5, 5.41) is 6.33. The fourth-order valence-corrected chi connectivity index (χ4v) is 3.83. The highest BCUT2D eigenvalue weighted by Gasteiger charge is 2.22. The maximum Gasteiger partial charge on any atom is 0.225 e. The molecule has 1 aromatic rings. The molecule has 0 aliphatic carbocycles. The number of carbonyl (C=O) groups excluding carboxylic acids is 1. The van der Waals surface area contributed by atoms with E-state index in [9.17, 15) is 13.2 Å². The lowest BCUT2D eigenvalue weighted by Gasteiger charge is -2.34. The first-order chi connectivity index (χ1) is 14.3. The van der Waals surface area contributed by atoms with Crippen molar-refractivity contribution >= 4 is 27.7 Å². The van der Waals surface area contributed by atoms with Crippen molar-refractivity contribution in [2.75, 3.05) is 56.2 Å². The molecule has 1 aromatic heterocycles. The Kier molecular flexibility index (Phi) is 9.28. The molecule has 2 rings (SSSR count). The number of hydrogen-bond donors (Lipinski definition) is 2. The second-order valence-electron chi connectivity index (χ2n) is 7.39. The summed E-state index contributed by atoms with van der Waals surface area (Å²) in [7, 11) is -2.99. The number of aromatic nitrogens is 2. The van der Waals surface area contributed by atoms with Crippen LogP contribution in [0.5, 0.6) is 0 Å². The van der Waals surface area contributed by atoms with Crippen LogP contribution in [0.1, 0.15) is 26.7 Å². The lowest BCUT2D eigenvalue weighted by Crippen LogP contribution is -2.49. The maximum atomic E-state index is 12.5. The number of nitrogens with one attached hydrogen (secondary N) is 2. The summed E-state index contributed by atoms with van der Waals surface area (Å²) < 4.78 is 22.6. The molecular formula is C19H33N7O3S. The first-order valence-corrected chi connectivity index (χ1v) is 12.4. The van der Waals surface area contributed by atoms with E-state index in [0.29, 0.717) is 64.0 Å². The van der Waals surface area contributed by atoms with Gasteiger partial charge in [-0.2, -0.15) is 0 Å². The van der Waals surface area contributed by atoms with Gasteiger partial charge in [0.25, 0.3) is 0 Å². The maximum absolute atomic E-state index is 12.5. The highest BCUT2D eigenvalue weighted by molar-refractivity contribution is 7.90. The largest absolute Gasteiger partial charge is 0.357 e. The van der Waals surface area contributed by atoms with Crippen LogP contribution in [0.3, 0.4) is 0 Å². The van der Waals surface area contributed by atoms with E-state index in [1.807, 2.05) is 18.7 Å². The molecule has 2 N–H and O–H groups in total. The number of sulfone groups is 1. The zero-order valence-electron chi connectivity index (χ0n) is 18.0. The molecule has 1 atom stereocenters. The first-order valence-electron chi connectivity index (χ1n) is 10.3. The predicted octanol–water partition coefficient (Wildman–Crippen LogP) is -0.106. The van der Waals surface area contributed by atoms with Gasteiger partial charge in [0.15, 0.2) is 5.96 Å². The molecule has 1 aliphatic rings. The second-order valence-corrected chi connectivity index (χ2v) is 9.65. The van der Waals surface area contributed by atoms with Crippen LogP contribution in [-0.4, -0.2) is 92.5 Å². The van der Waals surface area contributed by atoms with Crippen molar-refractivity contribution < 1.29 is 13.2 Å². The smallest absolute Gasteiger partial charge is 0.225 e. The third-order valence-electron chi connectivity index (χ3n) is 4.71. The number of nitrogens with zero attached hydrogens (tertiary/aromatic N) is 5. The van der Waals surface area contributed by atoms with Gasteiger partial charge in [-0.15, -0.1) is 0 Å². The fraction of sp³-hybridized carbons (Fsp3) is 0.684. The molecule has 10 nitrogen and oxygen atoms in total. The van der Waals surface area contributed by atoms with Crippen LogP contribution in [-0.2, 0) is 14.6 Å². The summed E-state index contributed by atoms with van der Waals surface area (Å²) in [6, 6.07) is 1.74. The van der Waals surface area contributed by atoms with Gasteiger partial charge in [-0.3, -0.25) is 9.79 Å². The molecule has 168 valence electrons. The third kappa shape index (κ3) is 8.52. The molecule has 0 bridgehead atoms. The minimum atomic E-state index is -2.99. The number of hydrogen-bond acceptors (Lipinski definition) is 7. The quantitative estimate of drug-likeness (QED) is 0.404. The summed E-state index contributed by atoms with van der Waals surface area (Å²) in [4.78, 5) is 29.4. The molecule has 0 radical (unpaired) electrons. The topological polar surface area (TPSA) is 120 Å². The zero-order valence-corrected chi connectivity index (χ0v) is 18.9. The van der Waals surface area contributed by atoms with Crippen LogP contribution in [0, 0.1) is 0 Å². The molecule has 1 fully saturated rings. The summed E-state index contributed by atoms with van der Waals surface area (Å²) >= 11 is 0. The summed E-state index contributed by atoms with van der Waals surface area (Å²) in [5.74, 6) is 1.49. The van der Waals surface area contributed by atoms with Crippen LogP contribution in [0.4, 0.5) is 5.95 Å². The van der Waals surface area contributed by atoms with Gasteiger partial charge < -0.3 is 20.4 Å². The van der Waals surface area contributed by atoms with Crippen LogP contribution < -0.4 is 15.5 Å². The van der Waals surface area contributed by atoms with Crippen molar-refractivity contribution in [2.24, 2.45) is 4.99 Å². The van der Waals surface area contributed by atoms with Gasteiger partial charge in [-0.25, -0.2) is 18.4 Å². The van der Waals surface area contributed by atoms with E-state index in [4.69, 9.17) is 0 Å². The minimum Gasteiger partial charge on any atom is -0.357 e. The third-order valence-corrected chi connectivity index (χ3v) is 5.69. The Balaban J connectivity index is 1.77. The average molecular weight is 440 g/mol. The molecule has 2 heterocycles. The summed E-state index contributed by atoms with van der Waals surface area (Å²) in [5.41, 5.74) is 0. The Morgan fingerprint density at radius 3 is 2.50 bits per heavy atom. The number of carbonyl (C=O) groups is 1. The number of amides is 1. The van der Waals surface area contributed by atoms with E-state index in [1.54, 1.807) is 18.5 Å². The number of guanidine groups is 1. The van der Waals surface area contributed by atoms with Crippen molar-refractivity contribution in [1.82, 2.24) is 25.5 Å². The van der Waals surface area contributed by atoms with Gasteiger partial charge in [-0.1, -0.05) is 0 Å². The van der Waals surface area contributed by atoms with E-state index in [2.05, 4.69) is 30.5 Å². The van der Waals surface area contributed by atoms with Gasteiger partial charge >= 0.3 is 0 Å². The minimum absolute atomic E-state index is 0.0403. The van der Waals surface area contributed by atoms with E-state index in [0.717, 1.165) is 0 Å². The van der Waals surface area contributed by atoms with Crippen molar-refractivity contribution in [2.45, 2.75) is 32.7 Å². The monoisotopic (exact) mass is 439 g/mol. The molecule has 0 aromatic carbocycles. The second kappa shape index (κ2) is 11.7. The van der Waals surface area contributed by atoms with Crippen molar-refractivity contribution in [3.8, 4) is 0 Å². The Hall–Kier alpha value is -2.43. The van der Waals surface area contributed by atoms with Gasteiger partial charge in [-0.05, 0) is 26.3 Å². The predicted molar refractivity (Wildman–Crippen MR) is 118 cm³/mol. The van der Waals surface area contributed by atoms with Gasteiger partial charge in [0.05, 0.1) is 12.3 Å². The van der Waals surface area contributed by atoms with E-state index >= 15 is 0 Å². The van der Waals surface area contributed by atoms with Crippen LogP contribution >= 0.6 is 0 Å². The summed E-state index contributed by atoms with van der Waals surface area (Å²) in [6.07, 6.45) is 5.50. The Labute approximate surface area is 179 Å². The lowest BCUT2D eigenvalue weighted by atomic mass is 10.2. The number of piperazine rings is 1. The average Bonchev–Trinajstić information content (AvgIpc) is 2.72. The highest BCUT2D eigenvalue weighted by atomic mass is 32.2. The molecular weight excluding hydrogens is 406 g/mol. The molecule has 1 amide bonds. The van der Waals surface area contributed by atoms with Gasteiger partial charge in [0.2, 0.25) is 11.9 Å². The van der Waals surface area contributed by atoms with Crippen molar-refractivity contribution in [3.05, 3.63) is 18.5 Å². The van der Waals surface area contributed by atoms with Crippen LogP contribution in [0.15, 0.2) is 23.5 Å². The molecule has 0 saturated carbocycles. The standard InChI is InChI=1S/C19H33N7O3S/c1-4-20-18(24-16(2)7-15-30(3,28)29)21-10-6-17(27)25-11-13-26(14-12-25)19-22-8-5-9-23-19/h5,8-9,16H,4,6-7,10-15H2,1-3H3,(H2,20,21,24). The first kappa shape index (κ1) is 23.8. The normalized spacial score (nSPS) is 16.3. The molecule has 1 saturated heterocycles. The van der Waals surface area contributed by atoms with E-state index in [1.165, 1.54) is 6.26 Å².